The fourth-order valence-electron chi connectivity index (χ4n) is 2.98. The number of carbonyl (C=O) groups is 1. The number of aromatic nitrogens is 2. The van der Waals surface area contributed by atoms with E-state index in [4.69, 9.17) is 0 Å². The van der Waals surface area contributed by atoms with Gasteiger partial charge in [0.25, 0.3) is 11.5 Å². The molecule has 3 rings (SSSR count). The number of hydrogen-bond donors (Lipinski definition) is 2. The van der Waals surface area contributed by atoms with Gasteiger partial charge in [-0.05, 0) is 51.3 Å². The second-order valence-corrected chi connectivity index (χ2v) is 7.25. The summed E-state index contributed by atoms with van der Waals surface area (Å²) in [5.41, 5.74) is 2.05. The van der Waals surface area contributed by atoms with Crippen LogP contribution >= 0.6 is 0 Å². The highest BCUT2D eigenvalue weighted by atomic mass is 16.3. The zero-order chi connectivity index (χ0) is 18.2. The largest absolute Gasteiger partial charge is 0.390 e. The van der Waals surface area contributed by atoms with Gasteiger partial charge in [0, 0.05) is 5.56 Å². The SMILES string of the molecule is Cc1nc2c(c(=O)[nH]1)CN(C(=O)c1ccc(CCC(C)(C)O)cc1)C2. The minimum absolute atomic E-state index is 0.107. The Bertz CT molecular complexity index is 848. The fraction of sp³-hybridized carbons (Fsp3) is 0.421. The summed E-state index contributed by atoms with van der Waals surface area (Å²) < 4.78 is 0. The zero-order valence-corrected chi connectivity index (χ0v) is 14.8. The first kappa shape index (κ1) is 17.4. The van der Waals surface area contributed by atoms with Crippen molar-refractivity contribution >= 4 is 5.91 Å². The molecule has 0 unspecified atom stereocenters. The lowest BCUT2D eigenvalue weighted by Gasteiger charge is -2.17. The van der Waals surface area contributed by atoms with Gasteiger partial charge in [-0.2, -0.15) is 0 Å². The summed E-state index contributed by atoms with van der Waals surface area (Å²) in [6, 6.07) is 7.43. The number of nitrogens with zero attached hydrogens (tertiary/aromatic N) is 2. The number of carbonyl (C=O) groups excluding carboxylic acids is 1. The van der Waals surface area contributed by atoms with Crippen LogP contribution in [0.2, 0.25) is 0 Å². The standard InChI is InChI=1S/C19H23N3O3/c1-12-20-16-11-22(10-15(16)17(23)21-12)18(24)14-6-4-13(5-7-14)8-9-19(2,3)25/h4-7,25H,8-11H2,1-3H3,(H,20,21,23). The van der Waals surface area contributed by atoms with Crippen LogP contribution in [0.1, 0.15) is 53.3 Å². The van der Waals surface area contributed by atoms with Crippen LogP contribution in [0.3, 0.4) is 0 Å². The van der Waals surface area contributed by atoms with Crippen LogP contribution in [-0.4, -0.2) is 31.5 Å². The van der Waals surface area contributed by atoms with Crippen LogP contribution in [-0.2, 0) is 19.5 Å². The molecule has 1 aliphatic heterocycles. The number of aromatic amines is 1. The van der Waals surface area contributed by atoms with Crippen molar-refractivity contribution < 1.29 is 9.90 Å². The van der Waals surface area contributed by atoms with Crippen LogP contribution < -0.4 is 5.56 Å². The molecule has 2 aromatic rings. The number of aliphatic hydroxyl groups is 1. The molecule has 0 spiro atoms. The van der Waals surface area contributed by atoms with Gasteiger partial charge in [0.1, 0.15) is 5.82 Å². The Morgan fingerprint density at radius 1 is 1.28 bits per heavy atom. The Kier molecular flexibility index (Phi) is 4.47. The quantitative estimate of drug-likeness (QED) is 0.890. The molecule has 0 fully saturated rings. The molecule has 1 aromatic carbocycles. The van der Waals surface area contributed by atoms with Crippen molar-refractivity contribution in [2.45, 2.75) is 52.3 Å². The minimum atomic E-state index is -0.700. The predicted octanol–water partition coefficient (Wildman–Crippen LogP) is 1.94. The maximum absolute atomic E-state index is 12.7. The second-order valence-electron chi connectivity index (χ2n) is 7.25. The summed E-state index contributed by atoms with van der Waals surface area (Å²) in [5, 5.41) is 9.80. The van der Waals surface area contributed by atoms with Gasteiger partial charge in [-0.25, -0.2) is 4.98 Å². The Morgan fingerprint density at radius 2 is 1.96 bits per heavy atom. The molecule has 0 radical (unpaired) electrons. The minimum Gasteiger partial charge on any atom is -0.390 e. The third-order valence-electron chi connectivity index (χ3n) is 4.42. The Balaban J connectivity index is 1.70. The lowest BCUT2D eigenvalue weighted by molar-refractivity contribution is 0.0711. The molecule has 1 amide bonds. The van der Waals surface area contributed by atoms with Crippen molar-refractivity contribution in [3.63, 3.8) is 0 Å². The van der Waals surface area contributed by atoms with Crippen molar-refractivity contribution in [2.24, 2.45) is 0 Å². The average molecular weight is 341 g/mol. The maximum atomic E-state index is 12.7. The number of rotatable bonds is 4. The molecular weight excluding hydrogens is 318 g/mol. The van der Waals surface area contributed by atoms with Crippen LogP contribution in [0.5, 0.6) is 0 Å². The zero-order valence-electron chi connectivity index (χ0n) is 14.8. The average Bonchev–Trinajstić information content (AvgIpc) is 2.96. The first-order chi connectivity index (χ1) is 11.7. The number of fused-ring (bicyclic) bond motifs is 1. The van der Waals surface area contributed by atoms with Gasteiger partial charge in [-0.15, -0.1) is 0 Å². The third kappa shape index (κ3) is 3.96. The van der Waals surface area contributed by atoms with Gasteiger partial charge >= 0.3 is 0 Å². The first-order valence-corrected chi connectivity index (χ1v) is 8.42. The molecule has 6 heteroatoms. The van der Waals surface area contributed by atoms with E-state index >= 15 is 0 Å². The molecule has 2 heterocycles. The van der Waals surface area contributed by atoms with Gasteiger partial charge in [0.05, 0.1) is 29.9 Å². The van der Waals surface area contributed by atoms with Crippen LogP contribution in [0, 0.1) is 6.92 Å². The summed E-state index contributed by atoms with van der Waals surface area (Å²) in [7, 11) is 0. The molecule has 0 saturated carbocycles. The fourth-order valence-corrected chi connectivity index (χ4v) is 2.98. The molecule has 1 aromatic heterocycles. The molecule has 132 valence electrons. The van der Waals surface area contributed by atoms with Gasteiger partial charge in [0.2, 0.25) is 0 Å². The van der Waals surface area contributed by atoms with E-state index < -0.39 is 5.60 Å². The lowest BCUT2D eigenvalue weighted by Crippen LogP contribution is -2.26. The van der Waals surface area contributed by atoms with Crippen molar-refractivity contribution in [3.05, 3.63) is 62.8 Å². The highest BCUT2D eigenvalue weighted by Crippen LogP contribution is 2.21. The summed E-state index contributed by atoms with van der Waals surface area (Å²) in [4.78, 5) is 33.3. The summed E-state index contributed by atoms with van der Waals surface area (Å²) in [5.74, 6) is 0.457. The van der Waals surface area contributed by atoms with E-state index in [1.54, 1.807) is 37.8 Å². The molecular formula is C19H23N3O3. The highest BCUT2D eigenvalue weighted by Gasteiger charge is 2.27. The van der Waals surface area contributed by atoms with E-state index in [1.165, 1.54) is 0 Å². The number of H-pyrrole nitrogens is 1. The Morgan fingerprint density at radius 3 is 2.60 bits per heavy atom. The van der Waals surface area contributed by atoms with Crippen molar-refractivity contribution in [1.29, 1.82) is 0 Å². The number of aryl methyl sites for hydroxylation is 2. The summed E-state index contributed by atoms with van der Waals surface area (Å²) in [6.45, 7) is 5.95. The first-order valence-electron chi connectivity index (χ1n) is 8.42. The third-order valence-corrected chi connectivity index (χ3v) is 4.42. The molecule has 0 aliphatic carbocycles. The van der Waals surface area contributed by atoms with Crippen molar-refractivity contribution in [1.82, 2.24) is 14.9 Å². The van der Waals surface area contributed by atoms with E-state index in [0.29, 0.717) is 35.6 Å². The Labute approximate surface area is 146 Å². The Hall–Kier alpha value is -2.47. The molecule has 0 atom stereocenters. The van der Waals surface area contributed by atoms with Crippen molar-refractivity contribution in [2.75, 3.05) is 0 Å². The lowest BCUT2D eigenvalue weighted by atomic mass is 9.98. The molecule has 0 bridgehead atoms. The van der Waals surface area contributed by atoms with Gasteiger partial charge < -0.3 is 15.0 Å². The molecule has 0 saturated heterocycles. The molecule has 2 N–H and O–H groups in total. The maximum Gasteiger partial charge on any atom is 0.256 e. The predicted molar refractivity (Wildman–Crippen MR) is 94.2 cm³/mol. The van der Waals surface area contributed by atoms with Crippen LogP contribution in [0.15, 0.2) is 29.1 Å². The van der Waals surface area contributed by atoms with Crippen LogP contribution in [0.25, 0.3) is 0 Å². The van der Waals surface area contributed by atoms with E-state index in [2.05, 4.69) is 9.97 Å². The van der Waals surface area contributed by atoms with Gasteiger partial charge in [-0.1, -0.05) is 12.1 Å². The topological polar surface area (TPSA) is 86.3 Å². The van der Waals surface area contributed by atoms with E-state index in [1.807, 2.05) is 12.1 Å². The number of hydrogen-bond acceptors (Lipinski definition) is 4. The molecule has 25 heavy (non-hydrogen) atoms. The van der Waals surface area contributed by atoms with Gasteiger partial charge in [-0.3, -0.25) is 9.59 Å². The molecule has 1 aliphatic rings. The molecule has 6 nitrogen and oxygen atoms in total. The summed E-state index contributed by atoms with van der Waals surface area (Å²) >= 11 is 0. The van der Waals surface area contributed by atoms with Crippen LogP contribution in [0.4, 0.5) is 0 Å². The number of nitrogens with one attached hydrogen (secondary N) is 1. The van der Waals surface area contributed by atoms with E-state index in [0.717, 1.165) is 12.0 Å². The number of benzene rings is 1. The normalized spacial score (nSPS) is 13.8. The van der Waals surface area contributed by atoms with Crippen molar-refractivity contribution in [3.8, 4) is 0 Å². The van der Waals surface area contributed by atoms with Gasteiger partial charge in [0.15, 0.2) is 0 Å². The van der Waals surface area contributed by atoms with E-state index in [-0.39, 0.29) is 18.0 Å². The van der Waals surface area contributed by atoms with E-state index in [9.17, 15) is 14.7 Å². The monoisotopic (exact) mass is 341 g/mol. The second kappa shape index (κ2) is 6.44. The smallest absolute Gasteiger partial charge is 0.256 e. The summed E-state index contributed by atoms with van der Waals surface area (Å²) in [6.07, 6.45) is 1.42. The number of amides is 1. The highest BCUT2D eigenvalue weighted by molar-refractivity contribution is 5.94.